The molecule has 0 atom stereocenters. The van der Waals surface area contributed by atoms with Crippen molar-refractivity contribution in [3.05, 3.63) is 237 Å². The summed E-state index contributed by atoms with van der Waals surface area (Å²) >= 11 is 0. The van der Waals surface area contributed by atoms with Gasteiger partial charge in [-0.1, -0.05) is 194 Å². The second kappa shape index (κ2) is 15.1. The molecule has 0 radical (unpaired) electrons. The minimum atomic E-state index is 0.902. The van der Waals surface area contributed by atoms with Gasteiger partial charge in [0.05, 0.1) is 5.69 Å². The highest BCUT2D eigenvalue weighted by Gasteiger charge is 2.19. The SMILES string of the molecule is c1ccc(-c2ccc(-c3ccccc3N(c3ccc(-c4cccc5c4oc4ccccc45)cc3)c3cccc(-c4cccc(-c5cccc6ccccc56)c4)c3)cc2)cc1. The maximum atomic E-state index is 6.46. The van der Waals surface area contributed by atoms with Crippen LogP contribution in [-0.2, 0) is 0 Å². The third kappa shape index (κ3) is 6.41. The van der Waals surface area contributed by atoms with Gasteiger partial charge >= 0.3 is 0 Å². The number of para-hydroxylation sites is 3. The van der Waals surface area contributed by atoms with E-state index < -0.39 is 0 Å². The molecule has 0 saturated heterocycles. The molecule has 0 bridgehead atoms. The van der Waals surface area contributed by atoms with Crippen LogP contribution in [0, 0.1) is 0 Å². The number of rotatable bonds is 8. The molecule has 60 heavy (non-hydrogen) atoms. The average molecular weight is 766 g/mol. The monoisotopic (exact) mass is 765 g/mol. The zero-order chi connectivity index (χ0) is 39.8. The quantitative estimate of drug-likeness (QED) is 0.153. The van der Waals surface area contributed by atoms with Crippen LogP contribution in [0.5, 0.6) is 0 Å². The van der Waals surface area contributed by atoms with E-state index in [2.05, 4.69) is 229 Å². The normalized spacial score (nSPS) is 11.3. The van der Waals surface area contributed by atoms with Crippen molar-refractivity contribution in [2.45, 2.75) is 0 Å². The molecule has 2 heteroatoms. The van der Waals surface area contributed by atoms with Crippen LogP contribution >= 0.6 is 0 Å². The van der Waals surface area contributed by atoms with E-state index in [1.54, 1.807) is 0 Å². The van der Waals surface area contributed by atoms with Gasteiger partial charge in [0.15, 0.2) is 0 Å². The Morgan fingerprint density at radius 1 is 0.283 bits per heavy atom. The molecular weight excluding hydrogens is 727 g/mol. The van der Waals surface area contributed by atoms with Gasteiger partial charge in [-0.2, -0.15) is 0 Å². The van der Waals surface area contributed by atoms with Crippen LogP contribution in [0.3, 0.4) is 0 Å². The Bertz CT molecular complexity index is 3300. The first-order chi connectivity index (χ1) is 29.7. The van der Waals surface area contributed by atoms with Crippen molar-refractivity contribution in [3.63, 3.8) is 0 Å². The third-order valence-electron chi connectivity index (χ3n) is 11.7. The lowest BCUT2D eigenvalue weighted by Crippen LogP contribution is -2.11. The van der Waals surface area contributed by atoms with Gasteiger partial charge in [-0.15, -0.1) is 0 Å². The van der Waals surface area contributed by atoms with Crippen LogP contribution in [0.1, 0.15) is 0 Å². The summed E-state index contributed by atoms with van der Waals surface area (Å²) in [4.78, 5) is 2.39. The molecule has 0 amide bonds. The van der Waals surface area contributed by atoms with Gasteiger partial charge in [-0.25, -0.2) is 0 Å². The van der Waals surface area contributed by atoms with E-state index in [4.69, 9.17) is 4.42 Å². The summed E-state index contributed by atoms with van der Waals surface area (Å²) in [5.41, 5.74) is 16.7. The van der Waals surface area contributed by atoms with Crippen LogP contribution < -0.4 is 4.90 Å². The topological polar surface area (TPSA) is 16.4 Å². The van der Waals surface area contributed by atoms with Gasteiger partial charge in [0, 0.05) is 33.3 Å². The molecule has 0 spiro atoms. The minimum Gasteiger partial charge on any atom is -0.455 e. The van der Waals surface area contributed by atoms with Gasteiger partial charge < -0.3 is 9.32 Å². The first kappa shape index (κ1) is 35.2. The van der Waals surface area contributed by atoms with Crippen LogP contribution in [0.2, 0.25) is 0 Å². The summed E-state index contributed by atoms with van der Waals surface area (Å²) in [7, 11) is 0. The Balaban J connectivity index is 1.03. The number of fused-ring (bicyclic) bond motifs is 4. The van der Waals surface area contributed by atoms with Gasteiger partial charge in [0.2, 0.25) is 0 Å². The van der Waals surface area contributed by atoms with Gasteiger partial charge in [-0.3, -0.25) is 0 Å². The lowest BCUT2D eigenvalue weighted by Gasteiger charge is -2.28. The molecule has 10 aromatic carbocycles. The third-order valence-corrected chi connectivity index (χ3v) is 11.7. The summed E-state index contributed by atoms with van der Waals surface area (Å²) in [5.74, 6) is 0. The number of benzene rings is 10. The average Bonchev–Trinajstić information content (AvgIpc) is 3.72. The Morgan fingerprint density at radius 3 is 1.68 bits per heavy atom. The zero-order valence-corrected chi connectivity index (χ0v) is 32.9. The molecule has 11 aromatic rings. The van der Waals surface area contributed by atoms with Crippen molar-refractivity contribution >= 4 is 49.8 Å². The largest absolute Gasteiger partial charge is 0.455 e. The molecule has 11 rings (SSSR count). The summed E-state index contributed by atoms with van der Waals surface area (Å²) in [6, 6.07) is 84.9. The van der Waals surface area contributed by atoms with Crippen molar-refractivity contribution in [1.29, 1.82) is 0 Å². The molecule has 0 aliphatic carbocycles. The fourth-order valence-corrected chi connectivity index (χ4v) is 8.75. The molecule has 0 aliphatic rings. The Labute approximate surface area is 349 Å². The van der Waals surface area contributed by atoms with E-state index in [1.165, 1.54) is 38.6 Å². The van der Waals surface area contributed by atoms with E-state index in [0.29, 0.717) is 0 Å². The molecule has 0 unspecified atom stereocenters. The number of hydrogen-bond donors (Lipinski definition) is 0. The van der Waals surface area contributed by atoms with Crippen molar-refractivity contribution in [3.8, 4) is 55.6 Å². The fourth-order valence-electron chi connectivity index (χ4n) is 8.75. The van der Waals surface area contributed by atoms with Gasteiger partial charge in [-0.05, 0) is 97.7 Å². The lowest BCUT2D eigenvalue weighted by molar-refractivity contribution is 0.670. The molecule has 0 N–H and O–H groups in total. The molecular formula is C58H39NO. The highest BCUT2D eigenvalue weighted by Crippen LogP contribution is 2.44. The molecule has 0 aliphatic heterocycles. The molecule has 0 saturated carbocycles. The summed E-state index contributed by atoms with van der Waals surface area (Å²) in [6.07, 6.45) is 0. The zero-order valence-electron chi connectivity index (χ0n) is 32.9. The molecule has 0 fully saturated rings. The first-order valence-electron chi connectivity index (χ1n) is 20.5. The highest BCUT2D eigenvalue weighted by molar-refractivity contribution is 6.09. The van der Waals surface area contributed by atoms with E-state index >= 15 is 0 Å². The van der Waals surface area contributed by atoms with E-state index in [0.717, 1.165) is 66.8 Å². The Morgan fingerprint density at radius 2 is 0.817 bits per heavy atom. The maximum Gasteiger partial charge on any atom is 0.143 e. The first-order valence-corrected chi connectivity index (χ1v) is 20.5. The predicted octanol–water partition coefficient (Wildman–Crippen LogP) is 16.5. The maximum absolute atomic E-state index is 6.46. The van der Waals surface area contributed by atoms with Crippen molar-refractivity contribution in [1.82, 2.24) is 0 Å². The molecule has 1 aromatic heterocycles. The number of anilines is 3. The Hall–Kier alpha value is -7.94. The summed E-state index contributed by atoms with van der Waals surface area (Å²) < 4.78 is 6.46. The minimum absolute atomic E-state index is 0.902. The van der Waals surface area contributed by atoms with E-state index in [-0.39, 0.29) is 0 Å². The molecule has 2 nitrogen and oxygen atoms in total. The van der Waals surface area contributed by atoms with Crippen molar-refractivity contribution in [2.75, 3.05) is 4.90 Å². The highest BCUT2D eigenvalue weighted by atomic mass is 16.3. The van der Waals surface area contributed by atoms with Crippen molar-refractivity contribution < 1.29 is 4.42 Å². The van der Waals surface area contributed by atoms with E-state index in [1.807, 2.05) is 12.1 Å². The molecule has 1 heterocycles. The predicted molar refractivity (Wildman–Crippen MR) is 253 cm³/mol. The number of furan rings is 1. The van der Waals surface area contributed by atoms with Crippen LogP contribution in [0.15, 0.2) is 241 Å². The fraction of sp³-hybridized carbons (Fsp3) is 0. The lowest BCUT2D eigenvalue weighted by atomic mass is 9.95. The number of nitrogens with zero attached hydrogens (tertiary/aromatic N) is 1. The van der Waals surface area contributed by atoms with Crippen LogP contribution in [-0.4, -0.2) is 0 Å². The van der Waals surface area contributed by atoms with Gasteiger partial charge in [0.25, 0.3) is 0 Å². The standard InChI is InChI=1S/C58H39NO/c1-2-14-40(15-3-1)41-30-32-43(33-31-41)52-23-6-8-28-56(52)59(48-36-34-44(35-37-48)53-26-13-27-55-54-24-7-9-29-57(54)60-58(53)55)49-21-11-19-46(39-49)45-18-10-20-47(38-45)51-25-12-17-42-16-4-5-22-50(42)51/h1-39H. The van der Waals surface area contributed by atoms with Crippen LogP contribution in [0.4, 0.5) is 17.1 Å². The summed E-state index contributed by atoms with van der Waals surface area (Å²) in [5, 5.41) is 4.76. The Kier molecular flexibility index (Phi) is 8.87. The number of hydrogen-bond acceptors (Lipinski definition) is 2. The van der Waals surface area contributed by atoms with Crippen molar-refractivity contribution in [2.24, 2.45) is 0 Å². The van der Waals surface area contributed by atoms with Gasteiger partial charge in [0.1, 0.15) is 11.2 Å². The van der Waals surface area contributed by atoms with Crippen LogP contribution in [0.25, 0.3) is 88.3 Å². The smallest absolute Gasteiger partial charge is 0.143 e. The second-order valence-electron chi connectivity index (χ2n) is 15.3. The molecule has 282 valence electrons. The summed E-state index contributed by atoms with van der Waals surface area (Å²) in [6.45, 7) is 0. The second-order valence-corrected chi connectivity index (χ2v) is 15.3. The van der Waals surface area contributed by atoms with E-state index in [9.17, 15) is 0 Å².